The summed E-state index contributed by atoms with van der Waals surface area (Å²) in [6, 6.07) is 2.09. The fourth-order valence-corrected chi connectivity index (χ4v) is 0.493. The lowest BCUT2D eigenvalue weighted by molar-refractivity contribution is 0.768. The van der Waals surface area contributed by atoms with Crippen molar-refractivity contribution in [2.75, 3.05) is 0 Å². The van der Waals surface area contributed by atoms with E-state index >= 15 is 0 Å². The van der Waals surface area contributed by atoms with Crippen LogP contribution >= 0.6 is 0 Å². The van der Waals surface area contributed by atoms with Crippen LogP contribution in [-0.2, 0) is 0 Å². The smallest absolute Gasteiger partial charge is 0.0621 e. The lowest BCUT2D eigenvalue weighted by Gasteiger charge is -1.86. The van der Waals surface area contributed by atoms with Gasteiger partial charge in [0.1, 0.15) is 0 Å². The van der Waals surface area contributed by atoms with Gasteiger partial charge in [0.2, 0.25) is 0 Å². The van der Waals surface area contributed by atoms with Gasteiger partial charge in [0.25, 0.3) is 0 Å². The topological polar surface area (TPSA) is 23.8 Å². The van der Waals surface area contributed by atoms with Crippen LogP contribution in [0.5, 0.6) is 0 Å². The molecule has 0 aromatic heterocycles. The predicted octanol–water partition coefficient (Wildman–Crippen LogP) is 2.26. The molecule has 0 bridgehead atoms. The van der Waals surface area contributed by atoms with Gasteiger partial charge < -0.3 is 0 Å². The van der Waals surface area contributed by atoms with E-state index in [0.717, 1.165) is 19.3 Å². The van der Waals surface area contributed by atoms with Gasteiger partial charge in [0, 0.05) is 6.42 Å². The average molecular weight is 109 g/mol. The van der Waals surface area contributed by atoms with Crippen LogP contribution in [0, 0.1) is 11.3 Å². The molecule has 0 saturated heterocycles. The zero-order valence-corrected chi connectivity index (χ0v) is 5.06. The average Bonchev–Trinajstić information content (AvgIpc) is 1.81. The summed E-state index contributed by atoms with van der Waals surface area (Å²) < 4.78 is 0. The molecule has 0 saturated carbocycles. The molecule has 0 atom stereocenters. The highest BCUT2D eigenvalue weighted by Gasteiger charge is 1.81. The monoisotopic (exact) mass is 109 g/mol. The molecule has 0 amide bonds. The summed E-state index contributed by atoms with van der Waals surface area (Å²) >= 11 is 0. The largest absolute Gasteiger partial charge is 0.198 e. The standard InChI is InChI=1S/C7H11N/c1-2-3-4-5-6-7-8/h2H,1,3-6H2. The number of hydrogen-bond donors (Lipinski definition) is 0. The Morgan fingerprint density at radius 3 is 2.75 bits per heavy atom. The van der Waals surface area contributed by atoms with E-state index in [1.807, 2.05) is 6.08 Å². The Bertz CT molecular complexity index is 89.1. The van der Waals surface area contributed by atoms with Gasteiger partial charge in [-0.1, -0.05) is 6.08 Å². The first-order valence-electron chi connectivity index (χ1n) is 2.89. The number of allylic oxidation sites excluding steroid dienone is 1. The SMILES string of the molecule is C=CCCCCC#N. The van der Waals surface area contributed by atoms with Crippen LogP contribution in [0.3, 0.4) is 0 Å². The number of hydrogen-bond acceptors (Lipinski definition) is 1. The molecule has 0 rings (SSSR count). The third kappa shape index (κ3) is 5.23. The molecule has 0 aliphatic rings. The number of nitriles is 1. The molecule has 0 spiro atoms. The fourth-order valence-electron chi connectivity index (χ4n) is 0.493. The van der Waals surface area contributed by atoms with Crippen molar-refractivity contribution < 1.29 is 0 Å². The van der Waals surface area contributed by atoms with Crippen molar-refractivity contribution in [3.8, 4) is 6.07 Å². The minimum absolute atomic E-state index is 0.688. The van der Waals surface area contributed by atoms with Gasteiger partial charge in [-0.3, -0.25) is 0 Å². The number of rotatable bonds is 4. The van der Waals surface area contributed by atoms with E-state index in [4.69, 9.17) is 5.26 Å². The molecule has 0 unspecified atom stereocenters. The second-order valence-corrected chi connectivity index (χ2v) is 1.69. The molecule has 0 aromatic rings. The number of unbranched alkanes of at least 4 members (excludes halogenated alkanes) is 3. The summed E-state index contributed by atoms with van der Waals surface area (Å²) in [6.07, 6.45) is 5.74. The maximum Gasteiger partial charge on any atom is 0.0621 e. The lowest BCUT2D eigenvalue weighted by Crippen LogP contribution is -1.69. The third-order valence-electron chi connectivity index (χ3n) is 0.947. The van der Waals surface area contributed by atoms with Crippen molar-refractivity contribution in [2.24, 2.45) is 0 Å². The Kier molecular flexibility index (Phi) is 5.63. The highest BCUT2D eigenvalue weighted by atomic mass is 14.2. The van der Waals surface area contributed by atoms with Crippen molar-refractivity contribution in [2.45, 2.75) is 25.7 Å². The van der Waals surface area contributed by atoms with E-state index in [1.54, 1.807) is 0 Å². The van der Waals surface area contributed by atoms with Gasteiger partial charge in [-0.15, -0.1) is 6.58 Å². The van der Waals surface area contributed by atoms with Crippen LogP contribution in [0.25, 0.3) is 0 Å². The Morgan fingerprint density at radius 2 is 2.25 bits per heavy atom. The molecule has 0 aliphatic heterocycles. The molecule has 8 heavy (non-hydrogen) atoms. The normalized spacial score (nSPS) is 7.88. The van der Waals surface area contributed by atoms with Crippen molar-refractivity contribution in [1.29, 1.82) is 5.26 Å². The summed E-state index contributed by atoms with van der Waals surface area (Å²) in [6.45, 7) is 3.58. The van der Waals surface area contributed by atoms with E-state index in [2.05, 4.69) is 12.6 Å². The van der Waals surface area contributed by atoms with Crippen molar-refractivity contribution in [3.63, 3.8) is 0 Å². The van der Waals surface area contributed by atoms with Crippen molar-refractivity contribution >= 4 is 0 Å². The fraction of sp³-hybridized carbons (Fsp3) is 0.571. The van der Waals surface area contributed by atoms with Crippen molar-refractivity contribution in [3.05, 3.63) is 12.7 Å². The Hall–Kier alpha value is -0.770. The first-order chi connectivity index (χ1) is 3.91. The van der Waals surface area contributed by atoms with Crippen LogP contribution in [0.15, 0.2) is 12.7 Å². The lowest BCUT2D eigenvalue weighted by atomic mass is 10.2. The first kappa shape index (κ1) is 7.23. The molecule has 1 nitrogen and oxygen atoms in total. The second-order valence-electron chi connectivity index (χ2n) is 1.69. The number of nitrogens with zero attached hydrogens (tertiary/aromatic N) is 1. The highest BCUT2D eigenvalue weighted by Crippen LogP contribution is 1.97. The molecule has 1 heteroatoms. The molecule has 0 aromatic carbocycles. The summed E-state index contributed by atoms with van der Waals surface area (Å²) in [5, 5.41) is 8.09. The zero-order valence-electron chi connectivity index (χ0n) is 5.06. The first-order valence-corrected chi connectivity index (χ1v) is 2.89. The molecule has 0 heterocycles. The van der Waals surface area contributed by atoms with Gasteiger partial charge >= 0.3 is 0 Å². The quantitative estimate of drug-likeness (QED) is 0.401. The summed E-state index contributed by atoms with van der Waals surface area (Å²) in [5.41, 5.74) is 0. The maximum absolute atomic E-state index is 8.09. The van der Waals surface area contributed by atoms with Gasteiger partial charge in [-0.25, -0.2) is 0 Å². The molecule has 0 radical (unpaired) electrons. The van der Waals surface area contributed by atoms with E-state index in [9.17, 15) is 0 Å². The molecular weight excluding hydrogens is 98.1 g/mol. The van der Waals surface area contributed by atoms with Crippen molar-refractivity contribution in [1.82, 2.24) is 0 Å². The van der Waals surface area contributed by atoms with E-state index in [0.29, 0.717) is 6.42 Å². The van der Waals surface area contributed by atoms with Crippen LogP contribution in [0.4, 0.5) is 0 Å². The van der Waals surface area contributed by atoms with Crippen LogP contribution in [0.1, 0.15) is 25.7 Å². The van der Waals surface area contributed by atoms with Gasteiger partial charge in [-0.05, 0) is 19.3 Å². The third-order valence-corrected chi connectivity index (χ3v) is 0.947. The molecule has 44 valence electrons. The Morgan fingerprint density at radius 1 is 1.50 bits per heavy atom. The maximum atomic E-state index is 8.09. The van der Waals surface area contributed by atoms with E-state index < -0.39 is 0 Å². The van der Waals surface area contributed by atoms with E-state index in [1.165, 1.54) is 0 Å². The Labute approximate surface area is 50.6 Å². The van der Waals surface area contributed by atoms with Gasteiger partial charge in [0.05, 0.1) is 6.07 Å². The molecule has 0 N–H and O–H groups in total. The zero-order chi connectivity index (χ0) is 6.24. The van der Waals surface area contributed by atoms with Gasteiger partial charge in [-0.2, -0.15) is 5.26 Å². The molecule has 0 fully saturated rings. The summed E-state index contributed by atoms with van der Waals surface area (Å²) in [4.78, 5) is 0. The predicted molar refractivity (Wildman–Crippen MR) is 34.3 cm³/mol. The Balaban J connectivity index is 2.74. The van der Waals surface area contributed by atoms with Crippen LogP contribution in [-0.4, -0.2) is 0 Å². The highest BCUT2D eigenvalue weighted by molar-refractivity contribution is 4.71. The van der Waals surface area contributed by atoms with Gasteiger partial charge in [0.15, 0.2) is 0 Å². The van der Waals surface area contributed by atoms with E-state index in [-0.39, 0.29) is 0 Å². The minimum atomic E-state index is 0.688. The second kappa shape index (κ2) is 6.23. The minimum Gasteiger partial charge on any atom is -0.198 e. The summed E-state index contributed by atoms with van der Waals surface area (Å²) in [7, 11) is 0. The molecule has 0 aliphatic carbocycles. The molecular formula is C7H11N. The summed E-state index contributed by atoms with van der Waals surface area (Å²) in [5.74, 6) is 0. The van der Waals surface area contributed by atoms with Crippen LogP contribution in [0.2, 0.25) is 0 Å². The van der Waals surface area contributed by atoms with Crippen LogP contribution < -0.4 is 0 Å².